The SMILES string of the molecule is CCC1CN(CCC2CCCC2=O)CCO1. The van der Waals surface area contributed by atoms with E-state index >= 15 is 0 Å². The van der Waals surface area contributed by atoms with Crippen molar-refractivity contribution in [2.75, 3.05) is 26.2 Å². The topological polar surface area (TPSA) is 29.5 Å². The fraction of sp³-hybridized carbons (Fsp3) is 0.923. The molecule has 92 valence electrons. The lowest BCUT2D eigenvalue weighted by molar-refractivity contribution is -0.121. The van der Waals surface area contributed by atoms with Crippen molar-refractivity contribution in [2.45, 2.75) is 45.1 Å². The summed E-state index contributed by atoms with van der Waals surface area (Å²) in [5.74, 6) is 0.864. The van der Waals surface area contributed by atoms with Gasteiger partial charge in [-0.1, -0.05) is 6.92 Å². The van der Waals surface area contributed by atoms with Gasteiger partial charge in [-0.25, -0.2) is 0 Å². The van der Waals surface area contributed by atoms with Crippen molar-refractivity contribution in [2.24, 2.45) is 5.92 Å². The van der Waals surface area contributed by atoms with Gasteiger partial charge in [0.05, 0.1) is 12.7 Å². The molecule has 1 aliphatic heterocycles. The molecule has 0 spiro atoms. The minimum Gasteiger partial charge on any atom is -0.376 e. The van der Waals surface area contributed by atoms with E-state index in [0.29, 0.717) is 17.8 Å². The van der Waals surface area contributed by atoms with Crippen LogP contribution >= 0.6 is 0 Å². The Kier molecular flexibility index (Phi) is 4.36. The van der Waals surface area contributed by atoms with E-state index in [9.17, 15) is 4.79 Å². The van der Waals surface area contributed by atoms with Crippen LogP contribution in [0, 0.1) is 5.92 Å². The lowest BCUT2D eigenvalue weighted by Gasteiger charge is -2.32. The highest BCUT2D eigenvalue weighted by Gasteiger charge is 2.26. The fourth-order valence-electron chi connectivity index (χ4n) is 2.76. The highest BCUT2D eigenvalue weighted by Crippen LogP contribution is 2.24. The zero-order chi connectivity index (χ0) is 11.4. The second-order valence-electron chi connectivity index (χ2n) is 5.05. The molecule has 0 amide bonds. The molecule has 2 unspecified atom stereocenters. The van der Waals surface area contributed by atoms with E-state index in [1.165, 1.54) is 0 Å². The second-order valence-corrected chi connectivity index (χ2v) is 5.05. The summed E-state index contributed by atoms with van der Waals surface area (Å²) in [5.41, 5.74) is 0. The van der Waals surface area contributed by atoms with Crippen LogP contribution in [-0.4, -0.2) is 43.0 Å². The molecule has 1 aliphatic carbocycles. The normalized spacial score (nSPS) is 32.2. The van der Waals surface area contributed by atoms with E-state index in [1.807, 2.05) is 0 Å². The van der Waals surface area contributed by atoms with Crippen LogP contribution in [0.3, 0.4) is 0 Å². The molecule has 3 nitrogen and oxygen atoms in total. The van der Waals surface area contributed by atoms with Crippen LogP contribution in [0.4, 0.5) is 0 Å². The molecule has 0 radical (unpaired) electrons. The first-order valence-electron chi connectivity index (χ1n) is 6.66. The highest BCUT2D eigenvalue weighted by atomic mass is 16.5. The molecule has 0 aromatic heterocycles. The minimum absolute atomic E-state index is 0.364. The van der Waals surface area contributed by atoms with Crippen LogP contribution in [0.1, 0.15) is 39.0 Å². The van der Waals surface area contributed by atoms with E-state index in [-0.39, 0.29) is 0 Å². The fourth-order valence-corrected chi connectivity index (χ4v) is 2.76. The molecule has 2 fully saturated rings. The van der Waals surface area contributed by atoms with Crippen LogP contribution in [0.5, 0.6) is 0 Å². The predicted molar refractivity (Wildman–Crippen MR) is 63.4 cm³/mol. The van der Waals surface area contributed by atoms with Crippen LogP contribution in [-0.2, 0) is 9.53 Å². The summed E-state index contributed by atoms with van der Waals surface area (Å²) >= 11 is 0. The third-order valence-electron chi connectivity index (χ3n) is 3.90. The standard InChI is InChI=1S/C13H23NO2/c1-2-12-10-14(8-9-16-12)7-6-11-4-3-5-13(11)15/h11-12H,2-10H2,1H3. The Bertz CT molecular complexity index is 242. The third-order valence-corrected chi connectivity index (χ3v) is 3.90. The summed E-state index contributed by atoms with van der Waals surface area (Å²) in [5, 5.41) is 0. The smallest absolute Gasteiger partial charge is 0.136 e. The molecule has 0 aromatic rings. The zero-order valence-corrected chi connectivity index (χ0v) is 10.3. The number of hydrogen-bond donors (Lipinski definition) is 0. The molecule has 16 heavy (non-hydrogen) atoms. The molecular formula is C13H23NO2. The van der Waals surface area contributed by atoms with E-state index < -0.39 is 0 Å². The van der Waals surface area contributed by atoms with Gasteiger partial charge in [0.15, 0.2) is 0 Å². The third kappa shape index (κ3) is 3.05. The van der Waals surface area contributed by atoms with Crippen molar-refractivity contribution >= 4 is 5.78 Å². The maximum Gasteiger partial charge on any atom is 0.136 e. The molecule has 2 rings (SSSR count). The summed E-state index contributed by atoms with van der Waals surface area (Å²) in [6.07, 6.45) is 5.64. The summed E-state index contributed by atoms with van der Waals surface area (Å²) in [6, 6.07) is 0. The number of rotatable bonds is 4. The van der Waals surface area contributed by atoms with Crippen molar-refractivity contribution < 1.29 is 9.53 Å². The van der Waals surface area contributed by atoms with Crippen LogP contribution in [0.2, 0.25) is 0 Å². The summed E-state index contributed by atoms with van der Waals surface area (Å²) in [7, 11) is 0. The average molecular weight is 225 g/mol. The Balaban J connectivity index is 1.70. The highest BCUT2D eigenvalue weighted by molar-refractivity contribution is 5.82. The number of carbonyl (C=O) groups is 1. The molecule has 2 aliphatic rings. The van der Waals surface area contributed by atoms with Gasteiger partial charge in [0.25, 0.3) is 0 Å². The Morgan fingerprint density at radius 1 is 1.50 bits per heavy atom. The number of hydrogen-bond acceptors (Lipinski definition) is 3. The first-order valence-corrected chi connectivity index (χ1v) is 6.66. The van der Waals surface area contributed by atoms with Gasteiger partial charge in [0.2, 0.25) is 0 Å². The molecule has 0 aromatic carbocycles. The van der Waals surface area contributed by atoms with E-state index in [1.54, 1.807) is 0 Å². The number of nitrogens with zero attached hydrogens (tertiary/aromatic N) is 1. The van der Waals surface area contributed by atoms with Gasteiger partial charge in [0.1, 0.15) is 5.78 Å². The average Bonchev–Trinajstić information content (AvgIpc) is 2.72. The van der Waals surface area contributed by atoms with Crippen LogP contribution in [0.25, 0.3) is 0 Å². The lowest BCUT2D eigenvalue weighted by Crippen LogP contribution is -2.43. The molecule has 1 saturated heterocycles. The van der Waals surface area contributed by atoms with Crippen molar-refractivity contribution in [1.29, 1.82) is 0 Å². The zero-order valence-electron chi connectivity index (χ0n) is 10.3. The van der Waals surface area contributed by atoms with E-state index in [0.717, 1.165) is 58.3 Å². The van der Waals surface area contributed by atoms with Gasteiger partial charge in [0, 0.05) is 25.4 Å². The molecule has 0 N–H and O–H groups in total. The summed E-state index contributed by atoms with van der Waals surface area (Å²) in [6.45, 7) is 6.21. The summed E-state index contributed by atoms with van der Waals surface area (Å²) in [4.78, 5) is 14.0. The molecular weight excluding hydrogens is 202 g/mol. The second kappa shape index (κ2) is 5.78. The van der Waals surface area contributed by atoms with Crippen molar-refractivity contribution in [3.63, 3.8) is 0 Å². The van der Waals surface area contributed by atoms with Crippen molar-refractivity contribution in [3.8, 4) is 0 Å². The first-order chi connectivity index (χ1) is 7.79. The molecule has 1 heterocycles. The Morgan fingerprint density at radius 3 is 3.06 bits per heavy atom. The first kappa shape index (κ1) is 12.1. The van der Waals surface area contributed by atoms with Crippen LogP contribution in [0.15, 0.2) is 0 Å². The molecule has 2 atom stereocenters. The van der Waals surface area contributed by atoms with Crippen LogP contribution < -0.4 is 0 Å². The molecule has 0 bridgehead atoms. The monoisotopic (exact) mass is 225 g/mol. The summed E-state index contributed by atoms with van der Waals surface area (Å²) < 4.78 is 5.64. The van der Waals surface area contributed by atoms with Gasteiger partial charge in [-0.15, -0.1) is 0 Å². The van der Waals surface area contributed by atoms with E-state index in [4.69, 9.17) is 4.74 Å². The van der Waals surface area contributed by atoms with Crippen molar-refractivity contribution in [3.05, 3.63) is 0 Å². The van der Waals surface area contributed by atoms with E-state index in [2.05, 4.69) is 11.8 Å². The van der Waals surface area contributed by atoms with Gasteiger partial charge in [-0.3, -0.25) is 9.69 Å². The largest absolute Gasteiger partial charge is 0.376 e. The quantitative estimate of drug-likeness (QED) is 0.731. The molecule has 1 saturated carbocycles. The lowest BCUT2D eigenvalue weighted by atomic mass is 10.0. The van der Waals surface area contributed by atoms with Gasteiger partial charge < -0.3 is 4.74 Å². The number of carbonyl (C=O) groups excluding carboxylic acids is 1. The number of morpholine rings is 1. The van der Waals surface area contributed by atoms with Gasteiger partial charge >= 0.3 is 0 Å². The number of ketones is 1. The number of Topliss-reactive ketones (excluding diaryl/α,β-unsaturated/α-hetero) is 1. The maximum absolute atomic E-state index is 11.5. The predicted octanol–water partition coefficient (Wildman–Crippen LogP) is 1.86. The number of ether oxygens (including phenoxy) is 1. The maximum atomic E-state index is 11.5. The molecule has 3 heteroatoms. The van der Waals surface area contributed by atoms with Gasteiger partial charge in [-0.05, 0) is 32.2 Å². The Hall–Kier alpha value is -0.410. The Labute approximate surface area is 98.1 Å². The van der Waals surface area contributed by atoms with Gasteiger partial charge in [-0.2, -0.15) is 0 Å². The Morgan fingerprint density at radius 2 is 2.38 bits per heavy atom. The van der Waals surface area contributed by atoms with Crippen molar-refractivity contribution in [1.82, 2.24) is 4.90 Å². The minimum atomic E-state index is 0.364.